The van der Waals surface area contributed by atoms with Crippen LogP contribution in [0.4, 0.5) is 0 Å². The fourth-order valence-corrected chi connectivity index (χ4v) is 20.1. The zero-order chi connectivity index (χ0) is 22.5. The fourth-order valence-electron chi connectivity index (χ4n) is 4.17. The Labute approximate surface area is 192 Å². The van der Waals surface area contributed by atoms with Gasteiger partial charge in [0.2, 0.25) is 0 Å². The summed E-state index contributed by atoms with van der Waals surface area (Å²) in [4.78, 5) is 16.5. The van der Waals surface area contributed by atoms with Crippen LogP contribution in [0.5, 0.6) is 5.88 Å². The van der Waals surface area contributed by atoms with E-state index in [9.17, 15) is 4.79 Å². The van der Waals surface area contributed by atoms with E-state index in [2.05, 4.69) is 50.0 Å². The molecule has 1 heterocycles. The van der Waals surface area contributed by atoms with E-state index in [-0.39, 0.29) is 12.3 Å². The van der Waals surface area contributed by atoms with Crippen LogP contribution in [0.2, 0.25) is 13.3 Å². The van der Waals surface area contributed by atoms with Crippen molar-refractivity contribution in [1.29, 1.82) is 0 Å². The first-order valence-electron chi connectivity index (χ1n) is 11.9. The van der Waals surface area contributed by atoms with E-state index >= 15 is 0 Å². The van der Waals surface area contributed by atoms with Gasteiger partial charge in [0.1, 0.15) is 0 Å². The molecule has 0 aliphatic rings. The quantitative estimate of drug-likeness (QED) is 0.206. The molecule has 0 spiro atoms. The van der Waals surface area contributed by atoms with Crippen LogP contribution in [0, 0.1) is 0 Å². The van der Waals surface area contributed by atoms with Crippen molar-refractivity contribution in [1.82, 2.24) is 4.98 Å². The second-order valence-electron chi connectivity index (χ2n) is 8.43. The molecule has 31 heavy (non-hydrogen) atoms. The SMILES string of the molecule is CCC[CH2][Sn]([CH2]CCC)([CH2]CCC)[c]1ccc(COC(=O)c2cccc(OC)n2)cc1. The first kappa shape index (κ1) is 25.7. The molecule has 0 fully saturated rings. The van der Waals surface area contributed by atoms with Gasteiger partial charge in [-0.05, 0) is 0 Å². The Morgan fingerprint density at radius 2 is 1.45 bits per heavy atom. The van der Waals surface area contributed by atoms with E-state index in [1.54, 1.807) is 21.8 Å². The van der Waals surface area contributed by atoms with Gasteiger partial charge in [-0.1, -0.05) is 0 Å². The maximum absolute atomic E-state index is 12.3. The van der Waals surface area contributed by atoms with Crippen LogP contribution in [0.3, 0.4) is 0 Å². The standard InChI is InChI=1S/C14H12NO3.3C4H9.Sn/c1-17-13-9-5-8-12(15-13)14(16)18-10-11-6-3-2-4-7-11;3*1-3-4-2;/h3-9H,10H2,1H3;3*1,3-4H2,2H3;. The molecular formula is C26H39NO3Sn. The molecule has 4 nitrogen and oxygen atoms in total. The fraction of sp³-hybridized carbons (Fsp3) is 0.538. The van der Waals surface area contributed by atoms with E-state index in [4.69, 9.17) is 9.47 Å². The maximum atomic E-state index is 12.3. The minimum atomic E-state index is -2.40. The molecule has 170 valence electrons. The number of benzene rings is 1. The molecule has 5 heteroatoms. The van der Waals surface area contributed by atoms with Gasteiger partial charge in [-0.3, -0.25) is 0 Å². The molecule has 0 amide bonds. The van der Waals surface area contributed by atoms with Crippen molar-refractivity contribution in [2.24, 2.45) is 0 Å². The Kier molecular flexibility index (Phi) is 11.4. The molecule has 1 aromatic heterocycles. The summed E-state index contributed by atoms with van der Waals surface area (Å²) in [6.45, 7) is 7.19. The van der Waals surface area contributed by atoms with Gasteiger partial charge in [0.25, 0.3) is 0 Å². The van der Waals surface area contributed by atoms with Crippen molar-refractivity contribution < 1.29 is 14.3 Å². The van der Waals surface area contributed by atoms with Crippen LogP contribution in [0.1, 0.15) is 75.3 Å². The summed E-state index contributed by atoms with van der Waals surface area (Å²) in [5.74, 6) is -0.0146. The summed E-state index contributed by atoms with van der Waals surface area (Å²) in [6, 6.07) is 14.1. The first-order valence-corrected chi connectivity index (χ1v) is 19.3. The normalized spacial score (nSPS) is 11.4. The molecule has 0 aliphatic heterocycles. The van der Waals surface area contributed by atoms with Gasteiger partial charge in [-0.25, -0.2) is 0 Å². The molecule has 0 unspecified atom stereocenters. The Bertz CT molecular complexity index is 770. The van der Waals surface area contributed by atoms with Crippen molar-refractivity contribution in [3.8, 4) is 5.88 Å². The van der Waals surface area contributed by atoms with E-state index < -0.39 is 24.3 Å². The molecule has 1 aromatic carbocycles. The van der Waals surface area contributed by atoms with Gasteiger partial charge in [0.05, 0.1) is 0 Å². The average molecular weight is 532 g/mol. The summed E-state index contributed by atoms with van der Waals surface area (Å²) in [5.41, 5.74) is 1.30. The Morgan fingerprint density at radius 3 is 1.97 bits per heavy atom. The number of ether oxygens (including phenoxy) is 2. The average Bonchev–Trinajstić information content (AvgIpc) is 2.82. The number of carbonyl (C=O) groups excluding carboxylic acids is 1. The summed E-state index contributed by atoms with van der Waals surface area (Å²) in [6.07, 6.45) is 7.92. The van der Waals surface area contributed by atoms with E-state index in [1.807, 2.05) is 0 Å². The molecule has 2 rings (SSSR count). The zero-order valence-corrected chi connectivity index (χ0v) is 22.6. The van der Waals surface area contributed by atoms with Crippen LogP contribution in [-0.4, -0.2) is 36.4 Å². The van der Waals surface area contributed by atoms with Crippen LogP contribution in [0.15, 0.2) is 42.5 Å². The van der Waals surface area contributed by atoms with E-state index in [0.717, 1.165) is 5.56 Å². The summed E-state index contributed by atoms with van der Waals surface area (Å²) >= 11 is -2.40. The summed E-state index contributed by atoms with van der Waals surface area (Å²) < 4.78 is 16.6. The molecule has 0 saturated carbocycles. The molecule has 0 atom stereocenters. The predicted molar refractivity (Wildman–Crippen MR) is 131 cm³/mol. The second-order valence-corrected chi connectivity index (χ2v) is 21.7. The van der Waals surface area contributed by atoms with E-state index in [1.165, 1.54) is 58.9 Å². The number of hydrogen-bond acceptors (Lipinski definition) is 4. The predicted octanol–water partition coefficient (Wildman–Crippen LogP) is 6.50. The van der Waals surface area contributed by atoms with Crippen LogP contribution >= 0.6 is 0 Å². The number of hydrogen-bond donors (Lipinski definition) is 0. The first-order chi connectivity index (χ1) is 15.1. The summed E-state index contributed by atoms with van der Waals surface area (Å²) in [7, 11) is 1.53. The molecule has 0 bridgehead atoms. The van der Waals surface area contributed by atoms with Crippen molar-refractivity contribution >= 4 is 27.9 Å². The zero-order valence-electron chi connectivity index (χ0n) is 19.8. The molecular weight excluding hydrogens is 493 g/mol. The van der Waals surface area contributed by atoms with Gasteiger partial charge in [0, 0.05) is 0 Å². The van der Waals surface area contributed by atoms with E-state index in [0.29, 0.717) is 5.88 Å². The van der Waals surface area contributed by atoms with Crippen molar-refractivity contribution in [2.45, 2.75) is 79.2 Å². The Balaban J connectivity index is 2.10. The van der Waals surface area contributed by atoms with Gasteiger partial charge in [0.15, 0.2) is 0 Å². The number of unbranched alkanes of at least 4 members (excludes halogenated alkanes) is 3. The van der Waals surface area contributed by atoms with Gasteiger partial charge in [-0.2, -0.15) is 0 Å². The third kappa shape index (κ3) is 7.81. The molecule has 0 radical (unpaired) electrons. The van der Waals surface area contributed by atoms with Gasteiger partial charge >= 0.3 is 193 Å². The Hall–Kier alpha value is -1.56. The topological polar surface area (TPSA) is 48.4 Å². The van der Waals surface area contributed by atoms with Crippen LogP contribution in [-0.2, 0) is 11.3 Å². The number of nitrogens with zero attached hydrogens (tertiary/aromatic N) is 1. The number of methoxy groups -OCH3 is 1. The molecule has 0 N–H and O–H groups in total. The third-order valence-electron chi connectivity index (χ3n) is 6.10. The van der Waals surface area contributed by atoms with Crippen molar-refractivity contribution in [2.75, 3.05) is 7.11 Å². The van der Waals surface area contributed by atoms with Crippen molar-refractivity contribution in [3.63, 3.8) is 0 Å². The molecule has 2 aromatic rings. The van der Waals surface area contributed by atoms with Crippen molar-refractivity contribution in [3.05, 3.63) is 53.7 Å². The Morgan fingerprint density at radius 1 is 0.871 bits per heavy atom. The second kappa shape index (κ2) is 13.8. The number of pyridine rings is 1. The number of rotatable bonds is 14. The number of carbonyl (C=O) groups is 1. The minimum absolute atomic E-state index is 0.263. The number of esters is 1. The molecule has 0 aliphatic carbocycles. The van der Waals surface area contributed by atoms with Crippen LogP contribution in [0.25, 0.3) is 0 Å². The van der Waals surface area contributed by atoms with Crippen LogP contribution < -0.4 is 8.32 Å². The summed E-state index contributed by atoms with van der Waals surface area (Å²) in [5, 5.41) is 0. The number of aromatic nitrogens is 1. The molecule has 0 saturated heterocycles. The third-order valence-corrected chi connectivity index (χ3v) is 21.8. The monoisotopic (exact) mass is 533 g/mol. The van der Waals surface area contributed by atoms with Gasteiger partial charge < -0.3 is 0 Å². The van der Waals surface area contributed by atoms with Gasteiger partial charge in [-0.15, -0.1) is 0 Å².